The Kier molecular flexibility index (Phi) is 6.79. The highest BCUT2D eigenvalue weighted by Crippen LogP contribution is 2.24. The lowest BCUT2D eigenvalue weighted by Crippen LogP contribution is -2.45. The van der Waals surface area contributed by atoms with Crippen molar-refractivity contribution in [2.24, 2.45) is 0 Å². The van der Waals surface area contributed by atoms with Crippen LogP contribution in [0, 0.1) is 0 Å². The fraction of sp³-hybridized carbons (Fsp3) is 0.520. The van der Waals surface area contributed by atoms with Crippen LogP contribution in [-0.4, -0.2) is 55.7 Å². The molecule has 1 heterocycles. The van der Waals surface area contributed by atoms with E-state index < -0.39 is 0 Å². The van der Waals surface area contributed by atoms with E-state index in [0.29, 0.717) is 6.10 Å². The van der Waals surface area contributed by atoms with Crippen molar-refractivity contribution in [2.45, 2.75) is 44.8 Å². The Balaban J connectivity index is 1.27. The zero-order valence-corrected chi connectivity index (χ0v) is 17.3. The number of likely N-dealkylation sites (N-methyl/N-ethyl adjacent to an activating group) is 1. The van der Waals surface area contributed by atoms with E-state index in [1.54, 1.807) is 0 Å². The van der Waals surface area contributed by atoms with Crippen LogP contribution < -0.4 is 0 Å². The first-order chi connectivity index (χ1) is 13.8. The van der Waals surface area contributed by atoms with Crippen molar-refractivity contribution in [1.82, 2.24) is 9.80 Å². The monoisotopic (exact) mass is 378 g/mol. The van der Waals surface area contributed by atoms with E-state index >= 15 is 0 Å². The molecule has 0 bridgehead atoms. The number of benzene rings is 2. The van der Waals surface area contributed by atoms with E-state index in [9.17, 15) is 0 Å². The molecule has 28 heavy (non-hydrogen) atoms. The maximum absolute atomic E-state index is 6.03. The van der Waals surface area contributed by atoms with Gasteiger partial charge in [-0.15, -0.1) is 0 Å². The van der Waals surface area contributed by atoms with Gasteiger partial charge in [0.25, 0.3) is 0 Å². The first-order valence-corrected chi connectivity index (χ1v) is 11.0. The highest BCUT2D eigenvalue weighted by atomic mass is 16.5. The molecule has 2 fully saturated rings. The maximum atomic E-state index is 6.03. The van der Waals surface area contributed by atoms with Gasteiger partial charge in [0.1, 0.15) is 0 Å². The summed E-state index contributed by atoms with van der Waals surface area (Å²) >= 11 is 0. The first-order valence-electron chi connectivity index (χ1n) is 11.0. The Labute approximate surface area is 170 Å². The molecule has 0 radical (unpaired) electrons. The number of rotatable bonds is 7. The van der Waals surface area contributed by atoms with Crippen molar-refractivity contribution in [3.63, 3.8) is 0 Å². The van der Waals surface area contributed by atoms with Crippen LogP contribution in [-0.2, 0) is 17.8 Å². The normalized spacial score (nSPS) is 19.3. The Morgan fingerprint density at radius 2 is 1.36 bits per heavy atom. The zero-order chi connectivity index (χ0) is 19.2. The third-order valence-electron chi connectivity index (χ3n) is 6.34. The second-order valence-electron chi connectivity index (χ2n) is 8.51. The van der Waals surface area contributed by atoms with Gasteiger partial charge in [-0.2, -0.15) is 0 Å². The van der Waals surface area contributed by atoms with Crippen LogP contribution in [0.25, 0.3) is 11.1 Å². The van der Waals surface area contributed by atoms with Gasteiger partial charge in [-0.1, -0.05) is 61.4 Å². The van der Waals surface area contributed by atoms with Gasteiger partial charge < -0.3 is 14.5 Å². The van der Waals surface area contributed by atoms with Gasteiger partial charge >= 0.3 is 0 Å². The van der Waals surface area contributed by atoms with E-state index in [4.69, 9.17) is 4.74 Å². The molecular formula is C25H34N2O. The molecule has 2 aromatic rings. The van der Waals surface area contributed by atoms with Gasteiger partial charge in [0.15, 0.2) is 0 Å². The largest absolute Gasteiger partial charge is 0.374 e. The summed E-state index contributed by atoms with van der Waals surface area (Å²) in [5.41, 5.74) is 5.30. The summed E-state index contributed by atoms with van der Waals surface area (Å²) < 4.78 is 6.03. The van der Waals surface area contributed by atoms with Gasteiger partial charge in [0, 0.05) is 32.7 Å². The molecule has 2 aromatic carbocycles. The second-order valence-corrected chi connectivity index (χ2v) is 8.51. The van der Waals surface area contributed by atoms with Crippen LogP contribution in [0.5, 0.6) is 0 Å². The molecule has 4 rings (SSSR count). The van der Waals surface area contributed by atoms with Crippen molar-refractivity contribution in [2.75, 3.05) is 39.8 Å². The number of hydrogen-bond acceptors (Lipinski definition) is 3. The summed E-state index contributed by atoms with van der Waals surface area (Å²) in [4.78, 5) is 5.00. The first kappa shape index (κ1) is 19.6. The van der Waals surface area contributed by atoms with Crippen molar-refractivity contribution in [3.05, 3.63) is 59.7 Å². The van der Waals surface area contributed by atoms with Crippen LogP contribution in [0.1, 0.15) is 36.8 Å². The van der Waals surface area contributed by atoms with Crippen LogP contribution in [0.2, 0.25) is 0 Å². The predicted octanol–water partition coefficient (Wildman–Crippen LogP) is 4.60. The van der Waals surface area contributed by atoms with Crippen LogP contribution in [0.3, 0.4) is 0 Å². The number of ether oxygens (including phenoxy) is 1. The molecule has 0 unspecified atom stereocenters. The average Bonchev–Trinajstić information content (AvgIpc) is 3.26. The molecule has 1 aliphatic carbocycles. The lowest BCUT2D eigenvalue weighted by molar-refractivity contribution is 0.0457. The number of piperazine rings is 1. The van der Waals surface area contributed by atoms with Crippen molar-refractivity contribution >= 4 is 0 Å². The third-order valence-corrected chi connectivity index (χ3v) is 6.34. The molecule has 1 saturated heterocycles. The number of hydrogen-bond donors (Lipinski definition) is 0. The van der Waals surface area contributed by atoms with Crippen molar-refractivity contribution in [1.29, 1.82) is 0 Å². The highest BCUT2D eigenvalue weighted by Gasteiger charge is 2.15. The molecule has 0 aromatic heterocycles. The van der Waals surface area contributed by atoms with Gasteiger partial charge in [-0.25, -0.2) is 0 Å². The lowest BCUT2D eigenvalue weighted by atomic mass is 10.0. The number of nitrogens with zero attached hydrogens (tertiary/aromatic N) is 2. The molecular weight excluding hydrogens is 344 g/mol. The predicted molar refractivity (Wildman–Crippen MR) is 117 cm³/mol. The third kappa shape index (κ3) is 5.44. The fourth-order valence-corrected chi connectivity index (χ4v) is 4.29. The van der Waals surface area contributed by atoms with Crippen LogP contribution in [0.15, 0.2) is 48.5 Å². The van der Waals surface area contributed by atoms with Crippen molar-refractivity contribution in [3.8, 4) is 11.1 Å². The van der Waals surface area contributed by atoms with E-state index in [-0.39, 0.29) is 0 Å². The van der Waals surface area contributed by atoms with E-state index in [1.807, 2.05) is 0 Å². The molecule has 2 aliphatic rings. The molecule has 0 amide bonds. The maximum Gasteiger partial charge on any atom is 0.0720 e. The molecule has 150 valence electrons. The van der Waals surface area contributed by atoms with Gasteiger partial charge in [-0.3, -0.25) is 0 Å². The van der Waals surface area contributed by atoms with E-state index in [0.717, 1.165) is 13.0 Å². The topological polar surface area (TPSA) is 15.7 Å². The zero-order valence-electron chi connectivity index (χ0n) is 17.3. The summed E-state index contributed by atoms with van der Waals surface area (Å²) in [6, 6.07) is 18.0. The Bertz CT molecular complexity index is 711. The molecule has 1 aliphatic heterocycles. The van der Waals surface area contributed by atoms with Crippen LogP contribution >= 0.6 is 0 Å². The van der Waals surface area contributed by atoms with Gasteiger partial charge in [0.2, 0.25) is 0 Å². The molecule has 3 heteroatoms. The summed E-state index contributed by atoms with van der Waals surface area (Å²) in [5, 5.41) is 0. The SMILES string of the molecule is CN1CCN(CCc2ccc(-c3ccc(COC4CCCC4)cc3)cc2)CC1. The minimum Gasteiger partial charge on any atom is -0.374 e. The molecule has 0 spiro atoms. The average molecular weight is 379 g/mol. The minimum atomic E-state index is 0.484. The minimum absolute atomic E-state index is 0.484. The molecule has 0 N–H and O–H groups in total. The summed E-state index contributed by atoms with van der Waals surface area (Å²) in [7, 11) is 2.21. The Morgan fingerprint density at radius 1 is 0.786 bits per heavy atom. The highest BCUT2D eigenvalue weighted by molar-refractivity contribution is 5.63. The van der Waals surface area contributed by atoms with E-state index in [2.05, 4.69) is 65.4 Å². The lowest BCUT2D eigenvalue weighted by Gasteiger charge is -2.32. The molecule has 3 nitrogen and oxygen atoms in total. The quantitative estimate of drug-likeness (QED) is 0.700. The van der Waals surface area contributed by atoms with Crippen LogP contribution in [0.4, 0.5) is 0 Å². The summed E-state index contributed by atoms with van der Waals surface area (Å²) in [5.74, 6) is 0. The second kappa shape index (κ2) is 9.69. The summed E-state index contributed by atoms with van der Waals surface area (Å²) in [6.07, 6.45) is 6.75. The molecule has 0 atom stereocenters. The van der Waals surface area contributed by atoms with Gasteiger partial charge in [-0.05, 0) is 48.6 Å². The van der Waals surface area contributed by atoms with Gasteiger partial charge in [0.05, 0.1) is 12.7 Å². The Hall–Kier alpha value is -1.68. The standard InChI is InChI=1S/C25H34N2O/c1-26-16-18-27(19-17-26)15-14-21-6-10-23(11-7-21)24-12-8-22(9-13-24)20-28-25-4-2-3-5-25/h6-13,25H,2-5,14-20H2,1H3. The fourth-order valence-electron chi connectivity index (χ4n) is 4.29. The molecule has 1 saturated carbocycles. The van der Waals surface area contributed by atoms with Crippen molar-refractivity contribution < 1.29 is 4.74 Å². The Morgan fingerprint density at radius 3 is 1.96 bits per heavy atom. The summed E-state index contributed by atoms with van der Waals surface area (Å²) in [6.45, 7) is 6.71. The smallest absolute Gasteiger partial charge is 0.0720 e. The van der Waals surface area contributed by atoms with E-state index in [1.165, 1.54) is 80.7 Å².